The molecule has 0 unspecified atom stereocenters. The van der Waals surface area contributed by atoms with Crippen LogP contribution in [0, 0.1) is 0 Å². The van der Waals surface area contributed by atoms with Crippen molar-refractivity contribution in [2.75, 3.05) is 0 Å². The van der Waals surface area contributed by atoms with Crippen LogP contribution >= 0.6 is 0 Å². The summed E-state index contributed by atoms with van der Waals surface area (Å²) in [6.45, 7) is 0. The smallest absolute Gasteiger partial charge is 0.125 e. The van der Waals surface area contributed by atoms with Gasteiger partial charge in [-0.1, -0.05) is 0 Å². The number of pyridine rings is 2. The normalized spacial score (nSPS) is 13.1. The van der Waals surface area contributed by atoms with Gasteiger partial charge in [-0.15, -0.1) is 0 Å². The van der Waals surface area contributed by atoms with Crippen molar-refractivity contribution in [2.45, 2.75) is 6.42 Å². The SMILES string of the molecule is Cn1c2cnccc2n2cc3c(c12)-c1ccncc1C3. The molecule has 0 aromatic carbocycles. The summed E-state index contributed by atoms with van der Waals surface area (Å²) in [7, 11) is 2.11. The summed E-state index contributed by atoms with van der Waals surface area (Å²) in [5.41, 5.74) is 8.99. The fourth-order valence-corrected chi connectivity index (χ4v) is 3.46. The number of hydrogen-bond acceptors (Lipinski definition) is 2. The van der Waals surface area contributed by atoms with E-state index in [1.54, 1.807) is 0 Å². The molecule has 0 bridgehead atoms. The Morgan fingerprint density at radius 3 is 2.80 bits per heavy atom. The maximum atomic E-state index is 4.24. The molecule has 4 nitrogen and oxygen atoms in total. The number of fused-ring (bicyclic) bond motifs is 7. The van der Waals surface area contributed by atoms with E-state index in [0.29, 0.717) is 0 Å². The van der Waals surface area contributed by atoms with E-state index in [9.17, 15) is 0 Å². The van der Waals surface area contributed by atoms with Gasteiger partial charge in [-0.3, -0.25) is 9.97 Å². The third-order valence-corrected chi connectivity index (χ3v) is 4.33. The van der Waals surface area contributed by atoms with Crippen LogP contribution in [0.15, 0.2) is 43.1 Å². The molecule has 0 amide bonds. The van der Waals surface area contributed by atoms with Gasteiger partial charge in [0.15, 0.2) is 0 Å². The highest BCUT2D eigenvalue weighted by atomic mass is 15.1. The molecule has 96 valence electrons. The van der Waals surface area contributed by atoms with Gasteiger partial charge in [0.05, 0.1) is 17.2 Å². The van der Waals surface area contributed by atoms with Gasteiger partial charge in [0, 0.05) is 43.8 Å². The Morgan fingerprint density at radius 1 is 1.00 bits per heavy atom. The average molecular weight is 260 g/mol. The van der Waals surface area contributed by atoms with Crippen molar-refractivity contribution in [3.63, 3.8) is 0 Å². The molecule has 0 saturated carbocycles. The molecule has 5 rings (SSSR count). The Labute approximate surface area is 115 Å². The third kappa shape index (κ3) is 1.04. The standard InChI is InChI=1S/C16H12N4/c1-19-14-8-18-5-3-13(14)20-9-11-6-10-7-17-4-2-12(10)15(11)16(19)20/h2-5,7-9H,6H2,1H3. The topological polar surface area (TPSA) is 35.1 Å². The summed E-state index contributed by atoms with van der Waals surface area (Å²) < 4.78 is 4.52. The second-order valence-electron chi connectivity index (χ2n) is 5.36. The fraction of sp³-hybridized carbons (Fsp3) is 0.125. The second kappa shape index (κ2) is 3.28. The maximum Gasteiger partial charge on any atom is 0.125 e. The van der Waals surface area contributed by atoms with Gasteiger partial charge in [0.25, 0.3) is 0 Å². The number of rotatable bonds is 0. The minimum absolute atomic E-state index is 0.979. The molecule has 0 atom stereocenters. The highest BCUT2D eigenvalue weighted by molar-refractivity contribution is 5.94. The molecule has 0 saturated heterocycles. The number of nitrogens with zero attached hydrogens (tertiary/aromatic N) is 4. The highest BCUT2D eigenvalue weighted by Gasteiger charge is 2.25. The molecule has 4 heteroatoms. The van der Waals surface area contributed by atoms with Crippen molar-refractivity contribution in [1.82, 2.24) is 18.9 Å². The minimum atomic E-state index is 0.979. The quantitative estimate of drug-likeness (QED) is 0.429. The van der Waals surface area contributed by atoms with Crippen LogP contribution in [-0.4, -0.2) is 18.9 Å². The number of imidazole rings is 1. The molecule has 0 aliphatic heterocycles. The summed E-state index contributed by atoms with van der Waals surface area (Å²) in [5, 5.41) is 0. The maximum absolute atomic E-state index is 4.24. The van der Waals surface area contributed by atoms with E-state index < -0.39 is 0 Å². The van der Waals surface area contributed by atoms with E-state index in [1.807, 2.05) is 24.8 Å². The van der Waals surface area contributed by atoms with Gasteiger partial charge < -0.3 is 8.97 Å². The van der Waals surface area contributed by atoms with Crippen molar-refractivity contribution < 1.29 is 0 Å². The number of hydrogen-bond donors (Lipinski definition) is 0. The van der Waals surface area contributed by atoms with Gasteiger partial charge in [0.2, 0.25) is 0 Å². The zero-order valence-electron chi connectivity index (χ0n) is 11.0. The molecule has 4 aromatic heterocycles. The Bertz CT molecular complexity index is 990. The molecule has 0 radical (unpaired) electrons. The summed E-state index contributed by atoms with van der Waals surface area (Å²) in [6, 6.07) is 4.20. The van der Waals surface area contributed by atoms with E-state index in [1.165, 1.54) is 33.4 Å². The zero-order chi connectivity index (χ0) is 13.3. The van der Waals surface area contributed by atoms with Gasteiger partial charge >= 0.3 is 0 Å². The van der Waals surface area contributed by atoms with Crippen molar-refractivity contribution in [3.05, 3.63) is 54.2 Å². The molecule has 4 heterocycles. The first-order valence-corrected chi connectivity index (χ1v) is 6.70. The minimum Gasteiger partial charge on any atom is -0.327 e. The predicted octanol–water partition coefficient (Wildman–Crippen LogP) is 2.79. The lowest BCUT2D eigenvalue weighted by Gasteiger charge is -2.01. The van der Waals surface area contributed by atoms with Crippen molar-refractivity contribution in [2.24, 2.45) is 7.05 Å². The summed E-state index contributed by atoms with van der Waals surface area (Å²) >= 11 is 0. The molecule has 0 N–H and O–H groups in total. The Balaban J connectivity index is 2.01. The van der Waals surface area contributed by atoms with E-state index in [4.69, 9.17) is 0 Å². The van der Waals surface area contributed by atoms with E-state index in [0.717, 1.165) is 11.9 Å². The lowest BCUT2D eigenvalue weighted by Crippen LogP contribution is -1.89. The van der Waals surface area contributed by atoms with Gasteiger partial charge in [-0.25, -0.2) is 0 Å². The summed E-state index contributed by atoms with van der Waals surface area (Å²) in [4.78, 5) is 8.48. The van der Waals surface area contributed by atoms with Crippen molar-refractivity contribution in [3.8, 4) is 11.1 Å². The van der Waals surface area contributed by atoms with Crippen LogP contribution in [0.25, 0.3) is 27.8 Å². The van der Waals surface area contributed by atoms with E-state index >= 15 is 0 Å². The van der Waals surface area contributed by atoms with E-state index in [2.05, 4.69) is 44.3 Å². The lowest BCUT2D eigenvalue weighted by atomic mass is 10.1. The fourth-order valence-electron chi connectivity index (χ4n) is 3.46. The van der Waals surface area contributed by atoms with Crippen LogP contribution < -0.4 is 0 Å². The van der Waals surface area contributed by atoms with Gasteiger partial charge in [-0.2, -0.15) is 0 Å². The first-order chi connectivity index (χ1) is 9.84. The molecule has 1 aliphatic rings. The third-order valence-electron chi connectivity index (χ3n) is 4.33. The molecule has 4 aromatic rings. The molecule has 0 spiro atoms. The summed E-state index contributed by atoms with van der Waals surface area (Å²) in [6.07, 6.45) is 10.9. The van der Waals surface area contributed by atoms with E-state index in [-0.39, 0.29) is 0 Å². The molecule has 20 heavy (non-hydrogen) atoms. The molecular formula is C16H12N4. The van der Waals surface area contributed by atoms with Crippen LogP contribution in [0.3, 0.4) is 0 Å². The largest absolute Gasteiger partial charge is 0.327 e. The van der Waals surface area contributed by atoms with Crippen LogP contribution in [0.2, 0.25) is 0 Å². The van der Waals surface area contributed by atoms with Crippen molar-refractivity contribution >= 4 is 16.7 Å². The number of aromatic nitrogens is 4. The molecular weight excluding hydrogens is 248 g/mol. The second-order valence-corrected chi connectivity index (χ2v) is 5.36. The number of aryl methyl sites for hydroxylation is 1. The Kier molecular flexibility index (Phi) is 1.67. The highest BCUT2D eigenvalue weighted by Crippen LogP contribution is 2.41. The zero-order valence-corrected chi connectivity index (χ0v) is 11.0. The van der Waals surface area contributed by atoms with Crippen LogP contribution in [0.5, 0.6) is 0 Å². The Hall–Kier alpha value is -2.62. The summed E-state index contributed by atoms with van der Waals surface area (Å²) in [5.74, 6) is 0. The first-order valence-electron chi connectivity index (χ1n) is 6.70. The van der Waals surface area contributed by atoms with Crippen LogP contribution in [-0.2, 0) is 13.5 Å². The molecule has 0 fully saturated rings. The van der Waals surface area contributed by atoms with Gasteiger partial charge in [-0.05, 0) is 28.8 Å². The molecule has 1 aliphatic carbocycles. The average Bonchev–Trinajstić information content (AvgIpc) is 3.08. The first kappa shape index (κ1) is 10.2. The van der Waals surface area contributed by atoms with Crippen LogP contribution in [0.1, 0.15) is 11.1 Å². The Morgan fingerprint density at radius 2 is 1.85 bits per heavy atom. The van der Waals surface area contributed by atoms with Crippen LogP contribution in [0.4, 0.5) is 0 Å². The predicted molar refractivity (Wildman–Crippen MR) is 77.7 cm³/mol. The lowest BCUT2D eigenvalue weighted by molar-refractivity contribution is 0.991. The van der Waals surface area contributed by atoms with Gasteiger partial charge in [0.1, 0.15) is 5.65 Å². The van der Waals surface area contributed by atoms with Crippen molar-refractivity contribution in [1.29, 1.82) is 0 Å². The monoisotopic (exact) mass is 260 g/mol.